The summed E-state index contributed by atoms with van der Waals surface area (Å²) in [6.07, 6.45) is -1.68. The molecule has 4 aliphatic heterocycles. The van der Waals surface area contributed by atoms with E-state index in [1.807, 2.05) is 0 Å². The molecule has 0 saturated carbocycles. The molecule has 2 aromatic rings. The largest absolute Gasteiger partial charge is 0.493 e. The summed E-state index contributed by atoms with van der Waals surface area (Å²) in [6, 6.07) is 8.83. The van der Waals surface area contributed by atoms with Gasteiger partial charge in [-0.3, -0.25) is 9.59 Å². The van der Waals surface area contributed by atoms with Crippen LogP contribution in [0.15, 0.2) is 41.6 Å². The molecule has 6 rings (SSSR count). The van der Waals surface area contributed by atoms with Crippen LogP contribution in [0.2, 0.25) is 0 Å². The zero-order valence-electron chi connectivity index (χ0n) is 18.6. The summed E-state index contributed by atoms with van der Waals surface area (Å²) < 4.78 is 35.8. The van der Waals surface area contributed by atoms with Gasteiger partial charge in [-0.2, -0.15) is 0 Å². The molecule has 4 heterocycles. The van der Waals surface area contributed by atoms with E-state index < -0.39 is 36.0 Å². The van der Waals surface area contributed by atoms with Gasteiger partial charge in [-0.15, -0.1) is 0 Å². The van der Waals surface area contributed by atoms with Crippen molar-refractivity contribution in [3.63, 3.8) is 0 Å². The minimum absolute atomic E-state index is 0.342. The Kier molecular flexibility index (Phi) is 4.57. The van der Waals surface area contributed by atoms with E-state index in [0.29, 0.717) is 34.2 Å². The van der Waals surface area contributed by atoms with Crippen LogP contribution < -0.4 is 19.1 Å². The topological polar surface area (TPSA) is 95.9 Å². The molecule has 4 aliphatic rings. The number of nitrogens with zero attached hydrogens (tertiary/aromatic N) is 2. The number of fused-ring (bicyclic) bond motifs is 8. The molecule has 9 nitrogen and oxygen atoms in total. The summed E-state index contributed by atoms with van der Waals surface area (Å²) >= 11 is 0. The number of oxime groups is 1. The molecule has 0 aliphatic carbocycles. The second kappa shape index (κ2) is 7.42. The molecular formula is C24H21FN2O7. The minimum atomic E-state index is -0.669. The van der Waals surface area contributed by atoms with E-state index in [4.69, 9.17) is 23.8 Å². The molecule has 3 saturated heterocycles. The smallest absolute Gasteiger partial charge is 0.240 e. The monoisotopic (exact) mass is 468 g/mol. The lowest BCUT2D eigenvalue weighted by Gasteiger charge is -2.26. The lowest BCUT2D eigenvalue weighted by molar-refractivity contribution is -0.125. The third-order valence-electron chi connectivity index (χ3n) is 7.09. The summed E-state index contributed by atoms with van der Waals surface area (Å²) in [5.41, 5.74) is 1.62. The molecule has 2 bridgehead atoms. The Balaban J connectivity index is 1.35. The van der Waals surface area contributed by atoms with Crippen molar-refractivity contribution < 1.29 is 37.8 Å². The molecule has 0 aromatic heterocycles. The van der Waals surface area contributed by atoms with E-state index in [-0.39, 0.29) is 17.7 Å². The second-order valence-electron chi connectivity index (χ2n) is 8.59. The zero-order valence-corrected chi connectivity index (χ0v) is 18.6. The molecule has 2 amide bonds. The average molecular weight is 468 g/mol. The number of anilines is 1. The van der Waals surface area contributed by atoms with Gasteiger partial charge in [-0.05, 0) is 36.4 Å². The molecule has 6 atom stereocenters. The maximum Gasteiger partial charge on any atom is 0.240 e. The number of imide groups is 1. The Labute approximate surface area is 194 Å². The third kappa shape index (κ3) is 2.65. The Morgan fingerprint density at radius 3 is 2.06 bits per heavy atom. The van der Waals surface area contributed by atoms with Crippen molar-refractivity contribution >= 4 is 23.2 Å². The highest BCUT2D eigenvalue weighted by Crippen LogP contribution is 2.55. The highest BCUT2D eigenvalue weighted by atomic mass is 19.1. The van der Waals surface area contributed by atoms with Gasteiger partial charge in [0, 0.05) is 5.56 Å². The van der Waals surface area contributed by atoms with Crippen LogP contribution in [0.1, 0.15) is 5.56 Å². The van der Waals surface area contributed by atoms with Gasteiger partial charge >= 0.3 is 0 Å². The molecule has 0 N–H and O–H groups in total. The number of benzene rings is 2. The lowest BCUT2D eigenvalue weighted by Crippen LogP contribution is -2.45. The maximum atomic E-state index is 13.4. The fraction of sp³-hybridized carbons (Fsp3) is 0.375. The third-order valence-corrected chi connectivity index (χ3v) is 7.09. The fourth-order valence-corrected chi connectivity index (χ4v) is 5.67. The Hall–Kier alpha value is -3.66. The predicted octanol–water partition coefficient (Wildman–Crippen LogP) is 2.16. The van der Waals surface area contributed by atoms with E-state index in [1.165, 1.54) is 45.6 Å². The van der Waals surface area contributed by atoms with Gasteiger partial charge in [0.1, 0.15) is 11.9 Å². The number of rotatable bonds is 5. The van der Waals surface area contributed by atoms with Crippen LogP contribution in [0.4, 0.5) is 10.1 Å². The van der Waals surface area contributed by atoms with Crippen molar-refractivity contribution in [3.8, 4) is 17.2 Å². The fourth-order valence-electron chi connectivity index (χ4n) is 5.67. The first-order valence-electron chi connectivity index (χ1n) is 10.8. The highest BCUT2D eigenvalue weighted by molar-refractivity contribution is 6.23. The van der Waals surface area contributed by atoms with E-state index >= 15 is 0 Å². The predicted molar refractivity (Wildman–Crippen MR) is 116 cm³/mol. The molecule has 0 spiro atoms. The van der Waals surface area contributed by atoms with Crippen LogP contribution in [-0.4, -0.2) is 57.2 Å². The highest BCUT2D eigenvalue weighted by Gasteiger charge is 2.72. The van der Waals surface area contributed by atoms with Gasteiger partial charge < -0.3 is 23.8 Å². The van der Waals surface area contributed by atoms with Crippen LogP contribution in [0.3, 0.4) is 0 Å². The number of ether oxygens (including phenoxy) is 4. The van der Waals surface area contributed by atoms with Gasteiger partial charge in [0.05, 0.1) is 56.6 Å². The van der Waals surface area contributed by atoms with E-state index in [9.17, 15) is 14.0 Å². The molecule has 3 fully saturated rings. The number of hydrogen-bond acceptors (Lipinski definition) is 8. The first-order chi connectivity index (χ1) is 16.5. The summed E-state index contributed by atoms with van der Waals surface area (Å²) in [5, 5.41) is 4.31. The van der Waals surface area contributed by atoms with Crippen molar-refractivity contribution in [1.82, 2.24) is 0 Å². The van der Waals surface area contributed by atoms with Crippen LogP contribution in [0.5, 0.6) is 17.2 Å². The Morgan fingerprint density at radius 1 is 0.853 bits per heavy atom. The van der Waals surface area contributed by atoms with E-state index in [2.05, 4.69) is 5.16 Å². The van der Waals surface area contributed by atoms with E-state index in [0.717, 1.165) is 4.90 Å². The first-order valence-corrected chi connectivity index (χ1v) is 10.8. The zero-order chi connectivity index (χ0) is 23.7. The molecular weight excluding hydrogens is 447 g/mol. The molecule has 176 valence electrons. The van der Waals surface area contributed by atoms with Crippen LogP contribution in [0.25, 0.3) is 0 Å². The second-order valence-corrected chi connectivity index (χ2v) is 8.59. The maximum absolute atomic E-state index is 13.4. The standard InChI is InChI=1S/C24H21FN2O7/c1-30-13-8-10(9-14(31-2)19(13)32-3)18-17-20-15-16(21(33-20)22(17)34-26-18)24(29)27(23(15)28)12-6-4-11(25)5-7-12/h4-9,15-17,20-22H,1-3H3/t15-,16+,17-,20-,21+,22-/m1/s1. The summed E-state index contributed by atoms with van der Waals surface area (Å²) in [7, 11) is 4.57. The van der Waals surface area contributed by atoms with Crippen LogP contribution in [-0.2, 0) is 19.2 Å². The first kappa shape index (κ1) is 20.9. The van der Waals surface area contributed by atoms with E-state index in [1.54, 1.807) is 12.1 Å². The normalized spacial score (nSPS) is 30.7. The minimum Gasteiger partial charge on any atom is -0.493 e. The SMILES string of the molecule is COc1cc(C2=NO[C@H]3[C@H]4O[C@@H]([C@@H]23)[C@@H]2C(=O)N(c3ccc(F)cc3)C(=O)[C@H]42)cc(OC)c1OC. The van der Waals surface area contributed by atoms with Crippen molar-refractivity contribution in [3.05, 3.63) is 47.8 Å². The molecule has 10 heteroatoms. The van der Waals surface area contributed by atoms with Gasteiger partial charge in [-0.25, -0.2) is 9.29 Å². The number of halogens is 1. The summed E-state index contributed by atoms with van der Waals surface area (Å²) in [5.74, 6) is -1.49. The number of carbonyl (C=O) groups excluding carboxylic acids is 2. The van der Waals surface area contributed by atoms with Gasteiger partial charge in [0.15, 0.2) is 17.6 Å². The van der Waals surface area contributed by atoms with Crippen molar-refractivity contribution in [2.45, 2.75) is 18.3 Å². The van der Waals surface area contributed by atoms with Crippen molar-refractivity contribution in [1.29, 1.82) is 0 Å². The number of methoxy groups -OCH3 is 3. The van der Waals surface area contributed by atoms with Crippen LogP contribution >= 0.6 is 0 Å². The molecule has 0 radical (unpaired) electrons. The Morgan fingerprint density at radius 2 is 1.47 bits per heavy atom. The Bertz CT molecular complexity index is 1210. The summed E-state index contributed by atoms with van der Waals surface area (Å²) in [4.78, 5) is 33.5. The van der Waals surface area contributed by atoms with Crippen molar-refractivity contribution in [2.24, 2.45) is 22.9 Å². The molecule has 0 unspecified atom stereocenters. The lowest BCUT2D eigenvalue weighted by atomic mass is 9.71. The quantitative estimate of drug-likeness (QED) is 0.621. The molecule has 34 heavy (non-hydrogen) atoms. The molecule has 2 aromatic carbocycles. The van der Waals surface area contributed by atoms with Crippen LogP contribution in [0, 0.1) is 23.6 Å². The number of hydrogen-bond donors (Lipinski definition) is 0. The van der Waals surface area contributed by atoms with Crippen molar-refractivity contribution in [2.75, 3.05) is 26.2 Å². The average Bonchev–Trinajstić information content (AvgIpc) is 3.59. The van der Waals surface area contributed by atoms with Gasteiger partial charge in [0.25, 0.3) is 0 Å². The van der Waals surface area contributed by atoms with Gasteiger partial charge in [0.2, 0.25) is 17.6 Å². The van der Waals surface area contributed by atoms with Gasteiger partial charge in [-0.1, -0.05) is 5.16 Å². The number of carbonyl (C=O) groups is 2. The number of amides is 2. The summed E-state index contributed by atoms with van der Waals surface area (Å²) in [6.45, 7) is 0.